The van der Waals surface area contributed by atoms with Gasteiger partial charge in [-0.25, -0.2) is 9.50 Å². The molecule has 0 atom stereocenters. The number of fused-ring (bicyclic) bond motifs is 1. The molecule has 3 aromatic rings. The fourth-order valence-electron chi connectivity index (χ4n) is 2.34. The molecule has 3 aromatic heterocycles. The largest absolute Gasteiger partial charge is 0.335 e. The van der Waals surface area contributed by atoms with Crippen LogP contribution in [-0.2, 0) is 13.0 Å². The molecule has 0 N–H and O–H groups in total. The van der Waals surface area contributed by atoms with Crippen molar-refractivity contribution < 1.29 is 4.79 Å². The number of Topliss-reactive ketones (excluding diaryl/α,β-unsaturated/α-hetero) is 1. The second kappa shape index (κ2) is 5.28. The van der Waals surface area contributed by atoms with Crippen LogP contribution in [-0.4, -0.2) is 24.9 Å². The van der Waals surface area contributed by atoms with Gasteiger partial charge in [0, 0.05) is 25.1 Å². The van der Waals surface area contributed by atoms with E-state index >= 15 is 0 Å². The molecule has 0 saturated carbocycles. The first-order chi connectivity index (χ1) is 9.79. The molecule has 0 aromatic carbocycles. The molecule has 0 spiro atoms. The molecule has 0 fully saturated rings. The lowest BCUT2D eigenvalue weighted by Crippen LogP contribution is -2.10. The molecule has 0 bridgehead atoms. The summed E-state index contributed by atoms with van der Waals surface area (Å²) in [4.78, 5) is 16.7. The monoisotopic (exact) mass is 268 g/mol. The Labute approximate surface area is 116 Å². The van der Waals surface area contributed by atoms with Crippen LogP contribution in [0.5, 0.6) is 0 Å². The summed E-state index contributed by atoms with van der Waals surface area (Å²) in [5.74, 6) is 0.863. The third-order valence-electron chi connectivity index (χ3n) is 3.31. The van der Waals surface area contributed by atoms with Gasteiger partial charge in [0.15, 0.2) is 5.78 Å². The molecule has 0 amide bonds. The first kappa shape index (κ1) is 12.6. The number of rotatable bonds is 5. The highest BCUT2D eigenvalue weighted by molar-refractivity contribution is 6.02. The first-order valence-electron chi connectivity index (χ1n) is 6.75. The molecule has 5 nitrogen and oxygen atoms in total. The predicted octanol–water partition coefficient (Wildman–Crippen LogP) is 2.37. The number of aryl methyl sites for hydroxylation is 1. The second-order valence-electron chi connectivity index (χ2n) is 4.73. The van der Waals surface area contributed by atoms with Gasteiger partial charge in [-0.3, -0.25) is 4.79 Å². The highest BCUT2D eigenvalue weighted by Gasteiger charge is 2.15. The van der Waals surface area contributed by atoms with Gasteiger partial charge in [-0.2, -0.15) is 5.10 Å². The maximum Gasteiger partial charge on any atom is 0.174 e. The van der Waals surface area contributed by atoms with Crippen molar-refractivity contribution in [3.8, 4) is 0 Å². The van der Waals surface area contributed by atoms with E-state index in [0.29, 0.717) is 12.0 Å². The smallest absolute Gasteiger partial charge is 0.174 e. The Bertz CT molecular complexity index is 741. The standard InChI is InChI=1S/C15H16N4O/c1-2-7-18-9-6-16-15(18)10-14(20)12-11-17-19-8-4-3-5-13(12)19/h3-6,8-9,11H,2,7,10H2,1H3. The van der Waals surface area contributed by atoms with Gasteiger partial charge in [0.25, 0.3) is 0 Å². The lowest BCUT2D eigenvalue weighted by Gasteiger charge is -2.05. The van der Waals surface area contributed by atoms with Crippen LogP contribution < -0.4 is 0 Å². The minimum Gasteiger partial charge on any atom is -0.335 e. The van der Waals surface area contributed by atoms with Crippen LogP contribution in [0, 0.1) is 0 Å². The van der Waals surface area contributed by atoms with E-state index in [-0.39, 0.29) is 5.78 Å². The Morgan fingerprint density at radius 3 is 3.05 bits per heavy atom. The molecular weight excluding hydrogens is 252 g/mol. The number of imidazole rings is 1. The van der Waals surface area contributed by atoms with Gasteiger partial charge in [0.1, 0.15) is 5.82 Å². The average molecular weight is 268 g/mol. The topological polar surface area (TPSA) is 52.2 Å². The minimum absolute atomic E-state index is 0.0507. The number of pyridine rings is 1. The first-order valence-corrected chi connectivity index (χ1v) is 6.75. The fourth-order valence-corrected chi connectivity index (χ4v) is 2.34. The average Bonchev–Trinajstić information content (AvgIpc) is 3.06. The van der Waals surface area contributed by atoms with E-state index in [1.807, 2.05) is 35.2 Å². The maximum atomic E-state index is 12.4. The summed E-state index contributed by atoms with van der Waals surface area (Å²) in [6, 6.07) is 5.70. The van der Waals surface area contributed by atoms with E-state index in [2.05, 4.69) is 17.0 Å². The summed E-state index contributed by atoms with van der Waals surface area (Å²) >= 11 is 0. The van der Waals surface area contributed by atoms with Crippen molar-refractivity contribution in [3.63, 3.8) is 0 Å². The minimum atomic E-state index is 0.0507. The van der Waals surface area contributed by atoms with Crippen LogP contribution in [0.3, 0.4) is 0 Å². The van der Waals surface area contributed by atoms with Gasteiger partial charge in [-0.05, 0) is 18.6 Å². The molecule has 0 aliphatic rings. The van der Waals surface area contributed by atoms with Crippen LogP contribution in [0.15, 0.2) is 43.0 Å². The van der Waals surface area contributed by atoms with Crippen molar-refractivity contribution in [2.24, 2.45) is 0 Å². The Morgan fingerprint density at radius 1 is 1.30 bits per heavy atom. The number of hydrogen-bond donors (Lipinski definition) is 0. The zero-order valence-electron chi connectivity index (χ0n) is 11.4. The highest BCUT2D eigenvalue weighted by Crippen LogP contribution is 2.13. The third kappa shape index (κ3) is 2.22. The molecule has 0 saturated heterocycles. The van der Waals surface area contributed by atoms with Crippen LogP contribution in [0.4, 0.5) is 0 Å². The van der Waals surface area contributed by atoms with Gasteiger partial charge < -0.3 is 4.57 Å². The normalized spacial score (nSPS) is 11.1. The molecule has 102 valence electrons. The van der Waals surface area contributed by atoms with Crippen LogP contribution in [0.25, 0.3) is 5.52 Å². The quantitative estimate of drug-likeness (QED) is 0.667. The molecule has 0 aliphatic carbocycles. The van der Waals surface area contributed by atoms with Crippen molar-refractivity contribution >= 4 is 11.3 Å². The van der Waals surface area contributed by atoms with E-state index in [0.717, 1.165) is 24.3 Å². The Morgan fingerprint density at radius 2 is 2.20 bits per heavy atom. The zero-order chi connectivity index (χ0) is 13.9. The van der Waals surface area contributed by atoms with E-state index < -0.39 is 0 Å². The van der Waals surface area contributed by atoms with Crippen molar-refractivity contribution in [1.82, 2.24) is 19.2 Å². The molecule has 0 unspecified atom stereocenters. The van der Waals surface area contributed by atoms with E-state index in [1.165, 1.54) is 0 Å². The molecule has 3 rings (SSSR count). The zero-order valence-corrected chi connectivity index (χ0v) is 11.4. The lowest BCUT2D eigenvalue weighted by molar-refractivity contribution is 0.0991. The fraction of sp³-hybridized carbons (Fsp3) is 0.267. The number of hydrogen-bond acceptors (Lipinski definition) is 3. The Balaban J connectivity index is 1.87. The van der Waals surface area contributed by atoms with Crippen molar-refractivity contribution in [3.05, 3.63) is 54.4 Å². The summed E-state index contributed by atoms with van der Waals surface area (Å²) in [5, 5.41) is 4.20. The summed E-state index contributed by atoms with van der Waals surface area (Å²) < 4.78 is 3.75. The predicted molar refractivity (Wildman–Crippen MR) is 75.7 cm³/mol. The number of nitrogens with zero attached hydrogens (tertiary/aromatic N) is 4. The Hall–Kier alpha value is -2.43. The maximum absolute atomic E-state index is 12.4. The van der Waals surface area contributed by atoms with Crippen LogP contribution in [0.2, 0.25) is 0 Å². The van der Waals surface area contributed by atoms with Gasteiger partial charge >= 0.3 is 0 Å². The van der Waals surface area contributed by atoms with Crippen molar-refractivity contribution in [2.45, 2.75) is 26.3 Å². The Kier molecular flexibility index (Phi) is 3.33. The highest BCUT2D eigenvalue weighted by atomic mass is 16.1. The van der Waals surface area contributed by atoms with Crippen molar-refractivity contribution in [1.29, 1.82) is 0 Å². The summed E-state index contributed by atoms with van der Waals surface area (Å²) in [6.07, 6.45) is 8.46. The third-order valence-corrected chi connectivity index (χ3v) is 3.31. The lowest BCUT2D eigenvalue weighted by atomic mass is 10.1. The van der Waals surface area contributed by atoms with E-state index in [9.17, 15) is 4.79 Å². The number of carbonyl (C=O) groups is 1. The molecule has 3 heterocycles. The second-order valence-corrected chi connectivity index (χ2v) is 4.73. The number of ketones is 1. The van der Waals surface area contributed by atoms with E-state index in [4.69, 9.17) is 0 Å². The van der Waals surface area contributed by atoms with Crippen LogP contribution in [0.1, 0.15) is 29.5 Å². The molecule has 0 radical (unpaired) electrons. The molecule has 20 heavy (non-hydrogen) atoms. The SMILES string of the molecule is CCCn1ccnc1CC(=O)c1cnn2ccccc12. The van der Waals surface area contributed by atoms with Gasteiger partial charge in [-0.15, -0.1) is 0 Å². The number of aromatic nitrogens is 4. The molecule has 0 aliphatic heterocycles. The van der Waals surface area contributed by atoms with Crippen molar-refractivity contribution in [2.75, 3.05) is 0 Å². The van der Waals surface area contributed by atoms with Gasteiger partial charge in [0.05, 0.1) is 23.7 Å². The summed E-state index contributed by atoms with van der Waals surface area (Å²) in [6.45, 7) is 2.99. The summed E-state index contributed by atoms with van der Waals surface area (Å²) in [5.41, 5.74) is 1.49. The molecular formula is C15H16N4O. The molecule has 5 heteroatoms. The number of carbonyl (C=O) groups excluding carboxylic acids is 1. The van der Waals surface area contributed by atoms with Gasteiger partial charge in [-0.1, -0.05) is 13.0 Å². The summed E-state index contributed by atoms with van der Waals surface area (Å²) in [7, 11) is 0. The van der Waals surface area contributed by atoms with Gasteiger partial charge in [0.2, 0.25) is 0 Å². The van der Waals surface area contributed by atoms with Crippen LogP contribution >= 0.6 is 0 Å². The van der Waals surface area contributed by atoms with E-state index in [1.54, 1.807) is 16.9 Å².